The third kappa shape index (κ3) is 2.48. The zero-order valence-corrected chi connectivity index (χ0v) is 14.2. The number of fused-ring (bicyclic) bond motifs is 1. The molecular formula is C19H18N4O3. The Bertz CT molecular complexity index is 974. The Kier molecular flexibility index (Phi) is 3.84. The summed E-state index contributed by atoms with van der Waals surface area (Å²) in [6.07, 6.45) is 2.03. The van der Waals surface area contributed by atoms with E-state index in [-0.39, 0.29) is 5.91 Å². The van der Waals surface area contributed by atoms with E-state index in [0.717, 1.165) is 17.0 Å². The first-order valence-electron chi connectivity index (χ1n) is 8.35. The van der Waals surface area contributed by atoms with Gasteiger partial charge < -0.3 is 19.6 Å². The minimum atomic E-state index is -1.08. The second-order valence-corrected chi connectivity index (χ2v) is 6.28. The standard InChI is InChI=1S/C19H18N4O3/c1-22-14(12-5-3-2-4-6-12)7-8-15(22)18(24)23-10-9-13-16(21-11-20-13)17(23)19(25)26/h2-8,11,17H,9-10H2,1H3,(H,20,21)(H,25,26). The number of carboxylic acids is 1. The van der Waals surface area contributed by atoms with Gasteiger partial charge in [-0.05, 0) is 17.7 Å². The molecule has 2 N–H and O–H groups in total. The van der Waals surface area contributed by atoms with Crippen LogP contribution in [0.1, 0.15) is 27.9 Å². The van der Waals surface area contributed by atoms with Crippen LogP contribution in [0, 0.1) is 0 Å². The van der Waals surface area contributed by atoms with E-state index in [4.69, 9.17) is 0 Å². The summed E-state index contributed by atoms with van der Waals surface area (Å²) < 4.78 is 1.80. The van der Waals surface area contributed by atoms with Crippen molar-refractivity contribution in [3.63, 3.8) is 0 Å². The fourth-order valence-corrected chi connectivity index (χ4v) is 3.52. The molecule has 3 aromatic rings. The van der Waals surface area contributed by atoms with Gasteiger partial charge in [0.1, 0.15) is 5.69 Å². The number of carboxylic acid groups (broad SMARTS) is 1. The van der Waals surface area contributed by atoms with Gasteiger partial charge in [0.2, 0.25) is 0 Å². The predicted octanol–water partition coefficient (Wildman–Crippen LogP) is 2.24. The maximum atomic E-state index is 13.1. The first-order chi connectivity index (χ1) is 12.6. The molecule has 0 saturated carbocycles. The molecule has 0 fully saturated rings. The monoisotopic (exact) mass is 350 g/mol. The zero-order valence-electron chi connectivity index (χ0n) is 14.2. The number of aliphatic carboxylic acids is 1. The molecule has 132 valence electrons. The lowest BCUT2D eigenvalue weighted by molar-refractivity contribution is -0.143. The van der Waals surface area contributed by atoms with Crippen molar-refractivity contribution in [3.8, 4) is 11.3 Å². The lowest BCUT2D eigenvalue weighted by Crippen LogP contribution is -2.44. The van der Waals surface area contributed by atoms with Crippen LogP contribution < -0.4 is 0 Å². The van der Waals surface area contributed by atoms with E-state index in [2.05, 4.69) is 9.97 Å². The van der Waals surface area contributed by atoms with Crippen molar-refractivity contribution < 1.29 is 14.7 Å². The molecule has 7 nitrogen and oxygen atoms in total. The molecule has 26 heavy (non-hydrogen) atoms. The fraction of sp³-hybridized carbons (Fsp3) is 0.211. The minimum Gasteiger partial charge on any atom is -0.479 e. The molecule has 0 aliphatic carbocycles. The highest BCUT2D eigenvalue weighted by molar-refractivity contribution is 5.96. The van der Waals surface area contributed by atoms with Gasteiger partial charge in [-0.25, -0.2) is 9.78 Å². The highest BCUT2D eigenvalue weighted by atomic mass is 16.4. The van der Waals surface area contributed by atoms with Crippen molar-refractivity contribution in [2.45, 2.75) is 12.5 Å². The average molecular weight is 350 g/mol. The summed E-state index contributed by atoms with van der Waals surface area (Å²) in [6.45, 7) is 0.330. The molecule has 2 aromatic heterocycles. The van der Waals surface area contributed by atoms with Crippen LogP contribution in [0.3, 0.4) is 0 Å². The summed E-state index contributed by atoms with van der Waals surface area (Å²) in [5.74, 6) is -1.39. The van der Waals surface area contributed by atoms with E-state index in [0.29, 0.717) is 24.4 Å². The van der Waals surface area contributed by atoms with Crippen molar-refractivity contribution >= 4 is 11.9 Å². The molecule has 1 atom stereocenters. The Balaban J connectivity index is 1.70. The van der Waals surface area contributed by atoms with Crippen LogP contribution in [0.25, 0.3) is 11.3 Å². The van der Waals surface area contributed by atoms with Gasteiger partial charge in [0.15, 0.2) is 6.04 Å². The van der Waals surface area contributed by atoms with Gasteiger partial charge in [-0.3, -0.25) is 4.79 Å². The number of benzene rings is 1. The van der Waals surface area contributed by atoms with E-state index < -0.39 is 12.0 Å². The van der Waals surface area contributed by atoms with Gasteiger partial charge in [-0.1, -0.05) is 30.3 Å². The number of amides is 1. The lowest BCUT2D eigenvalue weighted by atomic mass is 10.0. The van der Waals surface area contributed by atoms with Crippen LogP contribution in [-0.4, -0.2) is 43.0 Å². The topological polar surface area (TPSA) is 91.2 Å². The molecule has 0 spiro atoms. The maximum absolute atomic E-state index is 13.1. The number of hydrogen-bond donors (Lipinski definition) is 2. The van der Waals surface area contributed by atoms with Crippen LogP contribution in [0.5, 0.6) is 0 Å². The molecule has 0 bridgehead atoms. The van der Waals surface area contributed by atoms with E-state index in [1.54, 1.807) is 10.6 Å². The largest absolute Gasteiger partial charge is 0.479 e. The normalized spacial score (nSPS) is 16.3. The summed E-state index contributed by atoms with van der Waals surface area (Å²) in [4.78, 5) is 33.4. The van der Waals surface area contributed by atoms with E-state index in [1.807, 2.05) is 43.4 Å². The van der Waals surface area contributed by atoms with Crippen molar-refractivity contribution in [2.75, 3.05) is 6.54 Å². The molecule has 7 heteroatoms. The number of imidazole rings is 1. The third-order valence-electron chi connectivity index (χ3n) is 4.83. The van der Waals surface area contributed by atoms with E-state index in [9.17, 15) is 14.7 Å². The van der Waals surface area contributed by atoms with Gasteiger partial charge in [-0.15, -0.1) is 0 Å². The number of carbonyl (C=O) groups excluding carboxylic acids is 1. The molecule has 1 amide bonds. The molecular weight excluding hydrogens is 332 g/mol. The minimum absolute atomic E-state index is 0.310. The quantitative estimate of drug-likeness (QED) is 0.758. The first-order valence-corrected chi connectivity index (χ1v) is 8.35. The van der Waals surface area contributed by atoms with Gasteiger partial charge in [0, 0.05) is 31.4 Å². The molecule has 1 aliphatic rings. The highest BCUT2D eigenvalue weighted by Crippen LogP contribution is 2.30. The Morgan fingerprint density at radius 3 is 2.69 bits per heavy atom. The number of rotatable bonds is 3. The summed E-state index contributed by atoms with van der Waals surface area (Å²) in [6, 6.07) is 12.3. The Hall–Kier alpha value is -3.35. The number of nitrogens with zero attached hydrogens (tertiary/aromatic N) is 3. The van der Waals surface area contributed by atoms with Crippen molar-refractivity contribution in [3.05, 3.63) is 65.9 Å². The summed E-state index contributed by atoms with van der Waals surface area (Å²) >= 11 is 0. The highest BCUT2D eigenvalue weighted by Gasteiger charge is 2.39. The number of hydrogen-bond acceptors (Lipinski definition) is 3. The van der Waals surface area contributed by atoms with E-state index >= 15 is 0 Å². The second-order valence-electron chi connectivity index (χ2n) is 6.28. The Labute approximate surface area is 149 Å². The predicted molar refractivity (Wildman–Crippen MR) is 94.6 cm³/mol. The molecule has 4 rings (SSSR count). The van der Waals surface area contributed by atoms with Crippen LogP contribution in [-0.2, 0) is 18.3 Å². The maximum Gasteiger partial charge on any atom is 0.332 e. The molecule has 3 heterocycles. The lowest BCUT2D eigenvalue weighted by Gasteiger charge is -2.32. The molecule has 1 unspecified atom stereocenters. The molecule has 1 aromatic carbocycles. The van der Waals surface area contributed by atoms with Crippen LogP contribution >= 0.6 is 0 Å². The average Bonchev–Trinajstić information content (AvgIpc) is 3.27. The number of aromatic nitrogens is 3. The van der Waals surface area contributed by atoms with Gasteiger partial charge >= 0.3 is 5.97 Å². The van der Waals surface area contributed by atoms with Gasteiger partial charge in [0.05, 0.1) is 12.0 Å². The Morgan fingerprint density at radius 2 is 1.96 bits per heavy atom. The summed E-state index contributed by atoms with van der Waals surface area (Å²) in [5, 5.41) is 9.67. The Morgan fingerprint density at radius 1 is 1.19 bits per heavy atom. The van der Waals surface area contributed by atoms with Crippen LogP contribution in [0.15, 0.2) is 48.8 Å². The third-order valence-corrected chi connectivity index (χ3v) is 4.83. The van der Waals surface area contributed by atoms with Crippen molar-refractivity contribution in [1.29, 1.82) is 0 Å². The van der Waals surface area contributed by atoms with Crippen LogP contribution in [0.2, 0.25) is 0 Å². The first kappa shape index (κ1) is 16.1. The summed E-state index contributed by atoms with van der Waals surface area (Å²) in [7, 11) is 1.81. The molecule has 0 radical (unpaired) electrons. The van der Waals surface area contributed by atoms with Crippen molar-refractivity contribution in [1.82, 2.24) is 19.4 Å². The number of nitrogens with one attached hydrogen (secondary N) is 1. The number of carbonyl (C=O) groups is 2. The van der Waals surface area contributed by atoms with Crippen LogP contribution in [0.4, 0.5) is 0 Å². The fourth-order valence-electron chi connectivity index (χ4n) is 3.52. The van der Waals surface area contributed by atoms with Crippen molar-refractivity contribution in [2.24, 2.45) is 7.05 Å². The second kappa shape index (κ2) is 6.18. The SMILES string of the molecule is Cn1c(C(=O)N2CCc3[nH]cnc3C2C(=O)O)ccc1-c1ccccc1. The van der Waals surface area contributed by atoms with E-state index in [1.165, 1.54) is 11.2 Å². The zero-order chi connectivity index (χ0) is 18.3. The smallest absolute Gasteiger partial charge is 0.332 e. The molecule has 0 saturated heterocycles. The van der Waals surface area contributed by atoms with Gasteiger partial charge in [0.25, 0.3) is 5.91 Å². The van der Waals surface area contributed by atoms with Gasteiger partial charge in [-0.2, -0.15) is 0 Å². The molecule has 1 aliphatic heterocycles. The number of H-pyrrole nitrogens is 1. The summed E-state index contributed by atoms with van der Waals surface area (Å²) in [5.41, 5.74) is 3.54. The number of aromatic amines is 1.